The summed E-state index contributed by atoms with van der Waals surface area (Å²) in [6, 6.07) is 24.4. The largest absolute Gasteiger partial charge is 0.477 e. The van der Waals surface area contributed by atoms with E-state index in [1.54, 1.807) is 46.9 Å². The van der Waals surface area contributed by atoms with Crippen molar-refractivity contribution in [1.82, 2.24) is 0 Å². The van der Waals surface area contributed by atoms with Gasteiger partial charge < -0.3 is 5.11 Å². The zero-order valence-electron chi connectivity index (χ0n) is 24.9. The minimum Gasteiger partial charge on any atom is -0.477 e. The van der Waals surface area contributed by atoms with E-state index in [9.17, 15) is 14.9 Å². The Hall–Kier alpha value is -4.85. The van der Waals surface area contributed by atoms with Gasteiger partial charge in [-0.25, -0.2) is 4.79 Å². The zero-order chi connectivity index (χ0) is 33.2. The maximum absolute atomic E-state index is 11.1. The fraction of sp³-hybridized carbons (Fsp3) is 0.114. The standard InChI is InChI=1S/C35H23BrN4O4S3/c1-20-16-30(21(2)15-28(20)22-3-5-24(6-4-22)40(43)44)39-31(33-13-14-34(36)47-33)18-29(38-39)32-12-11-26(46-32)8-7-25-9-10-27(45-25)17-23(19-37)35(41)42/h3-6,9-17,31H,18H2,1-2H3,(H,41,42)/b23-17-. The number of carboxylic acids is 1. The molecule has 2 aromatic carbocycles. The number of carbonyl (C=O) groups is 1. The van der Waals surface area contributed by atoms with Crippen LogP contribution in [-0.4, -0.2) is 21.7 Å². The summed E-state index contributed by atoms with van der Waals surface area (Å²) in [5.74, 6) is 5.11. The summed E-state index contributed by atoms with van der Waals surface area (Å²) in [6.45, 7) is 4.11. The number of thiophene rings is 3. The van der Waals surface area contributed by atoms with Gasteiger partial charge in [0.05, 0.1) is 40.8 Å². The number of aliphatic carboxylic acids is 1. The minimum absolute atomic E-state index is 0.00274. The molecule has 1 aliphatic heterocycles. The second kappa shape index (κ2) is 13.5. The number of rotatable bonds is 7. The first-order valence-electron chi connectivity index (χ1n) is 14.1. The van der Waals surface area contributed by atoms with E-state index in [1.807, 2.05) is 25.1 Å². The molecule has 232 valence electrons. The summed E-state index contributed by atoms with van der Waals surface area (Å²) in [7, 11) is 0. The van der Waals surface area contributed by atoms with Crippen molar-refractivity contribution in [3.8, 4) is 29.0 Å². The van der Waals surface area contributed by atoms with Gasteiger partial charge in [0.25, 0.3) is 5.69 Å². The third-order valence-electron chi connectivity index (χ3n) is 7.48. The molecule has 5 aromatic rings. The van der Waals surface area contributed by atoms with Crippen LogP contribution in [0, 0.1) is 47.1 Å². The molecule has 1 atom stereocenters. The van der Waals surface area contributed by atoms with E-state index in [2.05, 4.69) is 64.0 Å². The summed E-state index contributed by atoms with van der Waals surface area (Å²) in [4.78, 5) is 26.4. The number of non-ortho nitro benzene ring substituents is 1. The molecule has 1 N–H and O–H groups in total. The molecule has 0 fully saturated rings. The lowest BCUT2D eigenvalue weighted by Crippen LogP contribution is -2.18. The van der Waals surface area contributed by atoms with Gasteiger partial charge in [0.2, 0.25) is 0 Å². The molecule has 0 aliphatic carbocycles. The van der Waals surface area contributed by atoms with Crippen molar-refractivity contribution < 1.29 is 14.8 Å². The van der Waals surface area contributed by atoms with Crippen LogP contribution in [-0.2, 0) is 4.79 Å². The SMILES string of the molecule is Cc1cc(N2N=C(c3ccc(C#Cc4ccc(/C=C(/C#N)C(=O)O)s4)s3)CC2c2ccc(Br)s2)c(C)cc1-c1ccc([N+](=O)[O-])cc1. The number of carboxylic acid groups (broad SMARTS) is 1. The van der Waals surface area contributed by atoms with E-state index in [0.29, 0.717) is 11.3 Å². The molecule has 47 heavy (non-hydrogen) atoms. The number of hydrogen-bond acceptors (Lipinski definition) is 9. The van der Waals surface area contributed by atoms with Gasteiger partial charge in [-0.1, -0.05) is 0 Å². The van der Waals surface area contributed by atoms with E-state index >= 15 is 0 Å². The summed E-state index contributed by atoms with van der Waals surface area (Å²) in [5.41, 5.74) is 5.73. The van der Waals surface area contributed by atoms with Crippen LogP contribution < -0.4 is 5.01 Å². The molecule has 1 unspecified atom stereocenters. The Balaban J connectivity index is 1.29. The van der Waals surface area contributed by atoms with Gasteiger partial charge >= 0.3 is 5.97 Å². The number of halogens is 1. The van der Waals surface area contributed by atoms with Gasteiger partial charge in [-0.2, -0.15) is 10.4 Å². The molecule has 0 bridgehead atoms. The van der Waals surface area contributed by atoms with Gasteiger partial charge in [-0.15, -0.1) is 34.0 Å². The van der Waals surface area contributed by atoms with Gasteiger partial charge in [0.15, 0.2) is 0 Å². The van der Waals surface area contributed by atoms with Gasteiger partial charge in [0, 0.05) is 28.3 Å². The number of hydrazone groups is 1. The molecule has 0 amide bonds. The third-order valence-corrected chi connectivity index (χ3v) is 11.2. The highest BCUT2D eigenvalue weighted by molar-refractivity contribution is 9.11. The maximum Gasteiger partial charge on any atom is 0.346 e. The molecule has 3 aromatic heterocycles. The molecule has 6 rings (SSSR count). The van der Waals surface area contributed by atoms with Gasteiger partial charge in [-0.05, 0) is 131 Å². The van der Waals surface area contributed by atoms with Crippen molar-refractivity contribution in [2.75, 3.05) is 5.01 Å². The first-order chi connectivity index (χ1) is 22.6. The van der Waals surface area contributed by atoms with E-state index < -0.39 is 10.9 Å². The van der Waals surface area contributed by atoms with Crippen LogP contribution in [0.15, 0.2) is 87.3 Å². The van der Waals surface area contributed by atoms with E-state index in [4.69, 9.17) is 15.5 Å². The topological polar surface area (TPSA) is 120 Å². The van der Waals surface area contributed by atoms with E-state index in [1.165, 1.54) is 34.4 Å². The lowest BCUT2D eigenvalue weighted by molar-refractivity contribution is -0.384. The Morgan fingerprint density at radius 3 is 2.40 bits per heavy atom. The molecule has 0 radical (unpaired) electrons. The number of benzene rings is 2. The summed E-state index contributed by atoms with van der Waals surface area (Å²) >= 11 is 8.20. The molecular weight excluding hydrogens is 717 g/mol. The molecule has 8 nitrogen and oxygen atoms in total. The van der Waals surface area contributed by atoms with Crippen molar-refractivity contribution >= 4 is 79.1 Å². The Morgan fingerprint density at radius 1 is 1.02 bits per heavy atom. The smallest absolute Gasteiger partial charge is 0.346 e. The normalized spacial score (nSPS) is 14.3. The first-order valence-corrected chi connectivity index (χ1v) is 17.4. The van der Waals surface area contributed by atoms with Crippen LogP contribution in [0.25, 0.3) is 17.2 Å². The molecule has 0 saturated carbocycles. The number of nitriles is 1. The lowest BCUT2D eigenvalue weighted by Gasteiger charge is -2.25. The fourth-order valence-corrected chi connectivity index (χ4v) is 8.36. The van der Waals surface area contributed by atoms with Gasteiger partial charge in [0.1, 0.15) is 11.6 Å². The number of anilines is 1. The zero-order valence-corrected chi connectivity index (χ0v) is 28.9. The Kier molecular flexibility index (Phi) is 9.21. The predicted octanol–water partition coefficient (Wildman–Crippen LogP) is 9.57. The average molecular weight is 740 g/mol. The number of nitro benzene ring substituents is 1. The highest BCUT2D eigenvalue weighted by Crippen LogP contribution is 2.43. The van der Waals surface area contributed by atoms with Crippen molar-refractivity contribution in [3.63, 3.8) is 0 Å². The highest BCUT2D eigenvalue weighted by Gasteiger charge is 2.32. The van der Waals surface area contributed by atoms with Gasteiger partial charge in [-0.3, -0.25) is 15.1 Å². The van der Waals surface area contributed by atoms with Crippen molar-refractivity contribution in [2.24, 2.45) is 5.10 Å². The van der Waals surface area contributed by atoms with Crippen molar-refractivity contribution in [3.05, 3.63) is 128 Å². The molecule has 12 heteroatoms. The number of nitrogens with zero attached hydrogens (tertiary/aromatic N) is 4. The Labute approximate surface area is 290 Å². The fourth-order valence-electron chi connectivity index (χ4n) is 5.20. The third kappa shape index (κ3) is 6.97. The first kappa shape index (κ1) is 32.1. The Morgan fingerprint density at radius 2 is 1.74 bits per heavy atom. The second-order valence-electron chi connectivity index (χ2n) is 10.6. The van der Waals surface area contributed by atoms with Crippen molar-refractivity contribution in [1.29, 1.82) is 5.26 Å². The van der Waals surface area contributed by atoms with Crippen LogP contribution in [0.4, 0.5) is 11.4 Å². The minimum atomic E-state index is -1.26. The number of aryl methyl sites for hydroxylation is 2. The summed E-state index contributed by atoms with van der Waals surface area (Å²) in [6.07, 6.45) is 2.06. The van der Waals surface area contributed by atoms with E-state index in [0.717, 1.165) is 52.1 Å². The van der Waals surface area contributed by atoms with Crippen LogP contribution in [0.3, 0.4) is 0 Å². The molecule has 1 aliphatic rings. The highest BCUT2D eigenvalue weighted by atomic mass is 79.9. The summed E-state index contributed by atoms with van der Waals surface area (Å²) < 4.78 is 1.05. The average Bonchev–Trinajstić information content (AvgIpc) is 3.87. The second-order valence-corrected chi connectivity index (χ2v) is 15.3. The molecule has 4 heterocycles. The number of hydrogen-bond donors (Lipinski definition) is 1. The Bertz CT molecular complexity index is 2210. The molecular formula is C35H23BrN4O4S3. The van der Waals surface area contributed by atoms with Crippen LogP contribution in [0.5, 0.6) is 0 Å². The van der Waals surface area contributed by atoms with E-state index in [-0.39, 0.29) is 17.3 Å². The predicted molar refractivity (Wildman–Crippen MR) is 192 cm³/mol. The monoisotopic (exact) mass is 738 g/mol. The van der Waals surface area contributed by atoms with Crippen LogP contribution >= 0.6 is 49.9 Å². The van der Waals surface area contributed by atoms with Crippen LogP contribution in [0.2, 0.25) is 0 Å². The molecule has 0 spiro atoms. The summed E-state index contributed by atoms with van der Waals surface area (Å²) in [5, 5.41) is 36.5. The maximum atomic E-state index is 11.1. The van der Waals surface area contributed by atoms with Crippen molar-refractivity contribution in [2.45, 2.75) is 26.3 Å². The number of nitro groups is 1. The van der Waals surface area contributed by atoms with Crippen LogP contribution in [0.1, 0.15) is 48.0 Å². The molecule has 0 saturated heterocycles. The lowest BCUT2D eigenvalue weighted by atomic mass is 9.96. The quantitative estimate of drug-likeness (QED) is 0.0584.